The predicted molar refractivity (Wildman–Crippen MR) is 151 cm³/mol. The third-order valence-electron chi connectivity index (χ3n) is 8.13. The van der Waals surface area contributed by atoms with Crippen LogP contribution in [0, 0.1) is 5.92 Å². The number of H-pyrrole nitrogens is 1. The lowest BCUT2D eigenvalue weighted by molar-refractivity contribution is 0.0725. The molecule has 1 amide bonds. The van der Waals surface area contributed by atoms with Gasteiger partial charge in [-0.3, -0.25) is 9.89 Å². The van der Waals surface area contributed by atoms with Crippen molar-refractivity contribution in [3.05, 3.63) is 65.5 Å². The average Bonchev–Trinajstić information content (AvgIpc) is 3.34. The summed E-state index contributed by atoms with van der Waals surface area (Å²) in [5, 5.41) is 7.96. The number of aryl methyl sites for hydroxylation is 1. The van der Waals surface area contributed by atoms with Gasteiger partial charge in [-0.25, -0.2) is 9.37 Å². The summed E-state index contributed by atoms with van der Waals surface area (Å²) in [6, 6.07) is 11.6. The number of para-hydroxylation sites is 1. The maximum Gasteiger partial charge on any atom is 0.254 e. The molecule has 5 aromatic rings. The zero-order valence-corrected chi connectivity index (χ0v) is 22.4. The van der Waals surface area contributed by atoms with Crippen molar-refractivity contribution in [1.82, 2.24) is 29.2 Å². The lowest BCUT2D eigenvalue weighted by Crippen LogP contribution is -2.45. The molecular weight excluding hydrogens is 509 g/mol. The summed E-state index contributed by atoms with van der Waals surface area (Å²) in [5.74, 6) is 2.20. The third kappa shape index (κ3) is 4.32. The fourth-order valence-corrected chi connectivity index (χ4v) is 5.81. The predicted octanol–water partition coefficient (Wildman–Crippen LogP) is 4.20. The number of halogens is 1. The zero-order chi connectivity index (χ0) is 27.4. The van der Waals surface area contributed by atoms with Crippen molar-refractivity contribution in [3.8, 4) is 17.3 Å². The number of aromatic amines is 1. The lowest BCUT2D eigenvalue weighted by Gasteiger charge is -2.30. The third-order valence-corrected chi connectivity index (χ3v) is 8.13. The minimum Gasteiger partial charge on any atom is -0.487 e. The number of carbonyl (C=O) groups is 1. The maximum absolute atomic E-state index is 13.2. The summed E-state index contributed by atoms with van der Waals surface area (Å²) in [7, 11) is 2.03. The first-order valence-corrected chi connectivity index (χ1v) is 13.8. The number of fused-ring (bicyclic) bond motifs is 3. The van der Waals surface area contributed by atoms with Gasteiger partial charge in [0.1, 0.15) is 19.0 Å². The molecule has 10 heteroatoms. The molecule has 0 unspecified atom stereocenters. The van der Waals surface area contributed by atoms with E-state index < -0.39 is 12.7 Å². The van der Waals surface area contributed by atoms with Crippen LogP contribution in [0.2, 0.25) is 0 Å². The molecule has 0 bridgehead atoms. The van der Waals surface area contributed by atoms with Gasteiger partial charge < -0.3 is 24.5 Å². The van der Waals surface area contributed by atoms with E-state index in [1.54, 1.807) is 11.1 Å². The summed E-state index contributed by atoms with van der Waals surface area (Å²) >= 11 is 0. The minimum absolute atomic E-state index is 0.110. The number of nitrogens with zero attached hydrogens (tertiary/aromatic N) is 5. The number of rotatable bonds is 9. The molecule has 2 aliphatic rings. The van der Waals surface area contributed by atoms with E-state index >= 15 is 0 Å². The number of nitrogens with one attached hydrogen (secondary N) is 1. The fourth-order valence-electron chi connectivity index (χ4n) is 5.81. The molecular formula is C30H32FN7O2. The number of ether oxygens (including phenoxy) is 1. The van der Waals surface area contributed by atoms with Crippen molar-refractivity contribution < 1.29 is 13.9 Å². The Morgan fingerprint density at radius 1 is 1.25 bits per heavy atom. The van der Waals surface area contributed by atoms with Gasteiger partial charge in [0.05, 0.1) is 34.5 Å². The molecule has 0 spiro atoms. The number of amides is 1. The van der Waals surface area contributed by atoms with Crippen molar-refractivity contribution >= 4 is 27.8 Å². The highest BCUT2D eigenvalue weighted by atomic mass is 19.1. The van der Waals surface area contributed by atoms with Gasteiger partial charge in [0.15, 0.2) is 5.82 Å². The number of benzene rings is 2. The van der Waals surface area contributed by atoms with Crippen LogP contribution < -0.4 is 10.5 Å². The average molecular weight is 542 g/mol. The standard InChI is InChI=1S/C30H32FN7O2/c1-36-25-9-20-7-8-37(16-22(32)12-31)30(39)23(20)11-24(25)35-29(36)26-10-21-3-2-4-27(40-17-19-13-33-34-14-19)28(21)38(26)15-18-5-6-18/h2-4,9-11,13-14,18,22H,5-8,12,15-17,32H2,1H3,(H,33,34)/t22-/m1/s1. The Morgan fingerprint density at radius 2 is 2.12 bits per heavy atom. The second-order valence-corrected chi connectivity index (χ2v) is 11.1. The largest absolute Gasteiger partial charge is 0.487 e. The van der Waals surface area contributed by atoms with Crippen LogP contribution in [0.3, 0.4) is 0 Å². The van der Waals surface area contributed by atoms with Crippen LogP contribution in [0.15, 0.2) is 48.8 Å². The van der Waals surface area contributed by atoms with E-state index in [1.807, 2.05) is 31.4 Å². The molecule has 9 nitrogen and oxygen atoms in total. The molecule has 1 atom stereocenters. The molecule has 40 heavy (non-hydrogen) atoms. The van der Waals surface area contributed by atoms with Gasteiger partial charge in [-0.15, -0.1) is 0 Å². The summed E-state index contributed by atoms with van der Waals surface area (Å²) in [6.45, 7) is 1.43. The summed E-state index contributed by atoms with van der Waals surface area (Å²) < 4.78 is 23.8. The molecule has 2 aromatic carbocycles. The van der Waals surface area contributed by atoms with Gasteiger partial charge in [0.25, 0.3) is 5.91 Å². The Kier molecular flexibility index (Phi) is 6.07. The topological polar surface area (TPSA) is 107 Å². The molecule has 3 N–H and O–H groups in total. The molecule has 206 valence electrons. The smallest absolute Gasteiger partial charge is 0.254 e. The Labute approximate surface area is 230 Å². The van der Waals surface area contributed by atoms with Crippen molar-refractivity contribution in [2.75, 3.05) is 19.8 Å². The molecule has 1 aliphatic carbocycles. The summed E-state index contributed by atoms with van der Waals surface area (Å²) in [6.07, 6.45) is 6.75. The highest BCUT2D eigenvalue weighted by Gasteiger charge is 2.29. The van der Waals surface area contributed by atoms with Crippen molar-refractivity contribution in [3.63, 3.8) is 0 Å². The van der Waals surface area contributed by atoms with Crippen molar-refractivity contribution in [2.45, 2.75) is 38.5 Å². The molecule has 1 saturated carbocycles. The number of carbonyl (C=O) groups excluding carboxylic acids is 1. The monoisotopic (exact) mass is 541 g/mol. The molecule has 0 saturated heterocycles. The first-order valence-electron chi connectivity index (χ1n) is 13.8. The molecule has 1 aliphatic heterocycles. The minimum atomic E-state index is -0.669. The van der Waals surface area contributed by atoms with Gasteiger partial charge in [0, 0.05) is 49.4 Å². The van der Waals surface area contributed by atoms with Crippen LogP contribution in [0.5, 0.6) is 5.75 Å². The second kappa shape index (κ2) is 9.78. The fraction of sp³-hybridized carbons (Fsp3) is 0.367. The number of nitrogens with two attached hydrogens (primary N) is 1. The Balaban J connectivity index is 1.30. The van der Waals surface area contributed by atoms with E-state index in [2.05, 4.69) is 37.5 Å². The Morgan fingerprint density at radius 3 is 2.90 bits per heavy atom. The van der Waals surface area contributed by atoms with E-state index in [4.69, 9.17) is 15.5 Å². The van der Waals surface area contributed by atoms with Gasteiger partial charge >= 0.3 is 0 Å². The highest BCUT2D eigenvalue weighted by molar-refractivity contribution is 6.01. The normalized spacial score (nSPS) is 16.2. The van der Waals surface area contributed by atoms with Gasteiger partial charge in [-0.1, -0.05) is 12.1 Å². The second-order valence-electron chi connectivity index (χ2n) is 11.1. The number of hydrogen-bond donors (Lipinski definition) is 2. The molecule has 7 rings (SSSR count). The number of imidazole rings is 1. The first-order chi connectivity index (χ1) is 19.5. The molecule has 1 fully saturated rings. The number of hydrogen-bond acceptors (Lipinski definition) is 5. The number of alkyl halides is 1. The summed E-state index contributed by atoms with van der Waals surface area (Å²) in [5.41, 5.74) is 12.2. The molecule has 0 radical (unpaired) electrons. The summed E-state index contributed by atoms with van der Waals surface area (Å²) in [4.78, 5) is 20.0. The van der Waals surface area contributed by atoms with Crippen LogP contribution in [-0.4, -0.2) is 60.9 Å². The van der Waals surface area contributed by atoms with E-state index in [9.17, 15) is 9.18 Å². The van der Waals surface area contributed by atoms with Gasteiger partial charge in [-0.05, 0) is 55.0 Å². The van der Waals surface area contributed by atoms with Gasteiger partial charge in [-0.2, -0.15) is 5.10 Å². The highest BCUT2D eigenvalue weighted by Crippen LogP contribution is 2.39. The van der Waals surface area contributed by atoms with Gasteiger partial charge in [0.2, 0.25) is 0 Å². The Bertz CT molecular complexity index is 1720. The quantitative estimate of drug-likeness (QED) is 0.291. The van der Waals surface area contributed by atoms with Crippen LogP contribution in [0.25, 0.3) is 33.5 Å². The van der Waals surface area contributed by atoms with E-state index in [1.165, 1.54) is 12.8 Å². The van der Waals surface area contributed by atoms with Crippen molar-refractivity contribution in [1.29, 1.82) is 0 Å². The molecule has 4 heterocycles. The van der Waals surface area contributed by atoms with E-state index in [-0.39, 0.29) is 12.5 Å². The zero-order valence-electron chi connectivity index (χ0n) is 22.4. The molecule has 3 aromatic heterocycles. The lowest BCUT2D eigenvalue weighted by atomic mass is 9.97. The van der Waals surface area contributed by atoms with Crippen molar-refractivity contribution in [2.24, 2.45) is 18.7 Å². The van der Waals surface area contributed by atoms with Crippen LogP contribution in [0.1, 0.15) is 34.3 Å². The Hall–Kier alpha value is -4.18. The first kappa shape index (κ1) is 24.8. The van der Waals surface area contributed by atoms with Crippen LogP contribution in [0.4, 0.5) is 4.39 Å². The van der Waals surface area contributed by atoms with E-state index in [0.717, 1.165) is 56.9 Å². The SMILES string of the molecule is Cn1c(-c2cc3cccc(OCc4cn[nH]c4)c3n2CC2CC2)nc2cc3c(cc21)CCN(C[C@H](N)CF)C3=O. The van der Waals surface area contributed by atoms with Crippen LogP contribution >= 0.6 is 0 Å². The number of aromatic nitrogens is 5. The van der Waals surface area contributed by atoms with E-state index in [0.29, 0.717) is 31.1 Å². The maximum atomic E-state index is 13.2. The van der Waals surface area contributed by atoms with Crippen LogP contribution in [-0.2, 0) is 26.6 Å².